The van der Waals surface area contributed by atoms with E-state index >= 15 is 0 Å². The van der Waals surface area contributed by atoms with Crippen molar-refractivity contribution in [2.24, 2.45) is 0 Å². The summed E-state index contributed by atoms with van der Waals surface area (Å²) in [6.45, 7) is 3.43. The molecule has 2 nitrogen and oxygen atoms in total. The molecule has 12 heavy (non-hydrogen) atoms. The topological polar surface area (TPSA) is 26.3 Å². The molecule has 70 valence electrons. The molecule has 0 atom stereocenters. The summed E-state index contributed by atoms with van der Waals surface area (Å²) in [5.74, 6) is -0.492. The van der Waals surface area contributed by atoms with Gasteiger partial charge in [0.25, 0.3) is 0 Å². The lowest BCUT2D eigenvalue weighted by atomic mass is 10.5. The van der Waals surface area contributed by atoms with Crippen molar-refractivity contribution in [2.75, 3.05) is 6.61 Å². The molecule has 0 saturated heterocycles. The Hall–Kier alpha value is -0.713. The molecule has 5 heteroatoms. The molecule has 0 N–H and O–H groups in total. The van der Waals surface area contributed by atoms with E-state index in [2.05, 4.69) is 11.3 Å². The molecule has 0 aliphatic rings. The molecule has 0 aliphatic heterocycles. The van der Waals surface area contributed by atoms with Crippen molar-refractivity contribution in [1.29, 1.82) is 0 Å². The van der Waals surface area contributed by atoms with E-state index in [1.54, 1.807) is 0 Å². The average Bonchev–Trinajstić information content (AvgIpc) is 2.03. The smallest absolute Gasteiger partial charge is 0.330 e. The van der Waals surface area contributed by atoms with Crippen molar-refractivity contribution in [2.45, 2.75) is 18.5 Å². The van der Waals surface area contributed by atoms with Gasteiger partial charge in [0.1, 0.15) is 9.52 Å². The summed E-state index contributed by atoms with van der Waals surface area (Å²) in [6.07, 6.45) is 1.60. The number of carbonyl (C=O) groups is 1. The van der Waals surface area contributed by atoms with Gasteiger partial charge in [0.2, 0.25) is 6.05 Å². The van der Waals surface area contributed by atoms with Crippen LogP contribution in [0.15, 0.2) is 12.7 Å². The molecule has 0 radical (unpaired) electrons. The zero-order valence-electron chi connectivity index (χ0n) is 6.76. The Bertz CT molecular complexity index is 150. The normalized spacial score (nSPS) is 10.9. The Balaban J connectivity index is 3.11. The van der Waals surface area contributed by atoms with Gasteiger partial charge in [-0.15, -0.1) is 0 Å². The standard InChI is InChI=1S/C7H12F2O2Si/c1-2-6(10)11-4-3-5-12-7(8)9/h2,7H,1,3-5,12H2. The van der Waals surface area contributed by atoms with Crippen molar-refractivity contribution >= 4 is 15.5 Å². The predicted octanol–water partition coefficient (Wildman–Crippen LogP) is 0.915. The van der Waals surface area contributed by atoms with Crippen LogP contribution in [0.4, 0.5) is 8.78 Å². The maximum Gasteiger partial charge on any atom is 0.330 e. The molecule has 0 aromatic carbocycles. The summed E-state index contributed by atoms with van der Waals surface area (Å²) in [6, 6.07) is -1.61. The molecule has 0 saturated carbocycles. The highest BCUT2D eigenvalue weighted by Gasteiger charge is 2.02. The minimum atomic E-state index is -2.12. The van der Waals surface area contributed by atoms with Crippen LogP contribution in [-0.2, 0) is 9.53 Å². The van der Waals surface area contributed by atoms with Gasteiger partial charge >= 0.3 is 5.97 Å². The fourth-order valence-corrected chi connectivity index (χ4v) is 1.43. The molecular formula is C7H12F2O2Si. The second-order valence-corrected chi connectivity index (χ2v) is 4.16. The SMILES string of the molecule is C=CC(=O)OCCC[SiH2]C(F)F. The molecular weight excluding hydrogens is 182 g/mol. The summed E-state index contributed by atoms with van der Waals surface area (Å²) in [5.41, 5.74) is 0. The van der Waals surface area contributed by atoms with Crippen LogP contribution in [0.2, 0.25) is 6.04 Å². The van der Waals surface area contributed by atoms with Gasteiger partial charge in [-0.1, -0.05) is 12.6 Å². The third kappa shape index (κ3) is 7.39. The molecule has 0 rings (SSSR count). The lowest BCUT2D eigenvalue weighted by molar-refractivity contribution is -0.137. The highest BCUT2D eigenvalue weighted by atomic mass is 28.2. The lowest BCUT2D eigenvalue weighted by Crippen LogP contribution is -2.06. The van der Waals surface area contributed by atoms with Crippen LogP contribution in [0.25, 0.3) is 0 Å². The van der Waals surface area contributed by atoms with E-state index < -0.39 is 21.5 Å². The van der Waals surface area contributed by atoms with Gasteiger partial charge in [0.05, 0.1) is 6.61 Å². The Morgan fingerprint density at radius 3 is 2.83 bits per heavy atom. The number of esters is 1. The molecule has 0 spiro atoms. The van der Waals surface area contributed by atoms with Gasteiger partial charge in [0.15, 0.2) is 0 Å². The minimum absolute atomic E-state index is 0.227. The number of ether oxygens (including phenoxy) is 1. The maximum absolute atomic E-state index is 11.6. The second-order valence-electron chi connectivity index (χ2n) is 2.26. The zero-order chi connectivity index (χ0) is 9.40. The van der Waals surface area contributed by atoms with Crippen LogP contribution in [0, 0.1) is 0 Å². The van der Waals surface area contributed by atoms with Crippen molar-refractivity contribution in [3.8, 4) is 0 Å². The second kappa shape index (κ2) is 6.96. The molecule has 0 aliphatic carbocycles. The summed E-state index contributed by atoms with van der Waals surface area (Å²) < 4.78 is 27.8. The van der Waals surface area contributed by atoms with Gasteiger partial charge in [-0.3, -0.25) is 0 Å². The number of halogens is 2. The van der Waals surface area contributed by atoms with Crippen molar-refractivity contribution in [3.63, 3.8) is 0 Å². The number of hydrogen-bond donors (Lipinski definition) is 0. The van der Waals surface area contributed by atoms with Gasteiger partial charge in [-0.2, -0.15) is 0 Å². The first-order valence-electron chi connectivity index (χ1n) is 3.74. The van der Waals surface area contributed by atoms with Crippen LogP contribution >= 0.6 is 0 Å². The average molecular weight is 194 g/mol. The van der Waals surface area contributed by atoms with Crippen molar-refractivity contribution in [1.82, 2.24) is 0 Å². The van der Waals surface area contributed by atoms with Crippen molar-refractivity contribution < 1.29 is 18.3 Å². The fourth-order valence-electron chi connectivity index (χ4n) is 0.632. The molecule has 0 heterocycles. The number of alkyl halides is 2. The first kappa shape index (κ1) is 11.3. The summed E-state index contributed by atoms with van der Waals surface area (Å²) in [4.78, 5) is 10.4. The summed E-state index contributed by atoms with van der Waals surface area (Å²) in [5, 5.41) is 0. The monoisotopic (exact) mass is 194 g/mol. The van der Waals surface area contributed by atoms with E-state index in [1.165, 1.54) is 0 Å². The first-order chi connectivity index (χ1) is 5.66. The molecule has 0 fully saturated rings. The number of hydrogen-bond acceptors (Lipinski definition) is 2. The van der Waals surface area contributed by atoms with Crippen LogP contribution < -0.4 is 0 Å². The minimum Gasteiger partial charge on any atom is -0.463 e. The van der Waals surface area contributed by atoms with E-state index in [4.69, 9.17) is 0 Å². The van der Waals surface area contributed by atoms with Crippen molar-refractivity contribution in [3.05, 3.63) is 12.7 Å². The summed E-state index contributed by atoms with van der Waals surface area (Å²) in [7, 11) is -1.26. The molecule has 0 bridgehead atoms. The number of carbonyl (C=O) groups excluding carboxylic acids is 1. The van der Waals surface area contributed by atoms with Gasteiger partial charge in [0, 0.05) is 6.08 Å². The Morgan fingerprint density at radius 1 is 1.67 bits per heavy atom. The van der Waals surface area contributed by atoms with E-state index in [1.807, 2.05) is 0 Å². The third-order valence-corrected chi connectivity index (χ3v) is 2.57. The van der Waals surface area contributed by atoms with Crippen LogP contribution in [0.5, 0.6) is 0 Å². The van der Waals surface area contributed by atoms with Gasteiger partial charge < -0.3 is 4.74 Å². The summed E-state index contributed by atoms with van der Waals surface area (Å²) >= 11 is 0. The van der Waals surface area contributed by atoms with Crippen LogP contribution in [0.3, 0.4) is 0 Å². The predicted molar refractivity (Wildman–Crippen MR) is 45.1 cm³/mol. The van der Waals surface area contributed by atoms with E-state index in [9.17, 15) is 13.6 Å². The molecule has 0 aromatic rings. The Labute approximate surface area is 72.4 Å². The Kier molecular flexibility index (Phi) is 6.55. The highest BCUT2D eigenvalue weighted by molar-refractivity contribution is 6.36. The largest absolute Gasteiger partial charge is 0.463 e. The van der Waals surface area contributed by atoms with E-state index in [-0.39, 0.29) is 6.61 Å². The van der Waals surface area contributed by atoms with E-state index in [0.29, 0.717) is 12.5 Å². The molecule has 0 amide bonds. The first-order valence-corrected chi connectivity index (χ1v) is 5.56. The highest BCUT2D eigenvalue weighted by Crippen LogP contribution is 1.97. The Morgan fingerprint density at radius 2 is 2.33 bits per heavy atom. The zero-order valence-corrected chi connectivity index (χ0v) is 8.18. The quantitative estimate of drug-likeness (QED) is 0.272. The maximum atomic E-state index is 11.6. The molecule has 0 aromatic heterocycles. The van der Waals surface area contributed by atoms with Crippen LogP contribution in [0.1, 0.15) is 6.42 Å². The fraction of sp³-hybridized carbons (Fsp3) is 0.571. The van der Waals surface area contributed by atoms with Gasteiger partial charge in [-0.25, -0.2) is 13.6 Å². The number of rotatable bonds is 6. The third-order valence-electron chi connectivity index (χ3n) is 1.23. The van der Waals surface area contributed by atoms with E-state index in [0.717, 1.165) is 6.08 Å². The van der Waals surface area contributed by atoms with Gasteiger partial charge in [-0.05, 0) is 6.42 Å². The van der Waals surface area contributed by atoms with Crippen LogP contribution in [-0.4, -0.2) is 28.1 Å². The molecule has 0 unspecified atom stereocenters. The lowest BCUT2D eigenvalue weighted by Gasteiger charge is -2.00.